The highest BCUT2D eigenvalue weighted by molar-refractivity contribution is 6.30. The first kappa shape index (κ1) is 34.4. The topological polar surface area (TPSA) is 152 Å². The second-order valence-electron chi connectivity index (χ2n) is 9.40. The number of hydrogen-bond donors (Lipinski definition) is 4. The number of urea groups is 1. The van der Waals surface area contributed by atoms with Gasteiger partial charge in [0.25, 0.3) is 0 Å². The quantitative estimate of drug-likeness (QED) is 0.125. The van der Waals surface area contributed by atoms with Gasteiger partial charge >= 0.3 is 24.1 Å². The zero-order chi connectivity index (χ0) is 32.8. The lowest BCUT2D eigenvalue weighted by Gasteiger charge is -2.19. The van der Waals surface area contributed by atoms with Gasteiger partial charge in [0.1, 0.15) is 0 Å². The highest BCUT2D eigenvalue weighted by Gasteiger charge is 2.43. The molecule has 4 N–H and O–H groups in total. The molecule has 45 heavy (non-hydrogen) atoms. The Hall–Kier alpha value is -5.11. The van der Waals surface area contributed by atoms with Gasteiger partial charge in [-0.2, -0.15) is 13.2 Å². The molecule has 3 rings (SSSR count). The predicted octanol–water partition coefficient (Wildman–Crippen LogP) is 4.84. The Kier molecular flexibility index (Phi) is 12.7. The molecule has 0 radical (unpaired) electrons. The van der Waals surface area contributed by atoms with Crippen molar-refractivity contribution in [1.29, 1.82) is 0 Å². The van der Waals surface area contributed by atoms with Crippen LogP contribution >= 0.6 is 11.6 Å². The summed E-state index contributed by atoms with van der Waals surface area (Å²) >= 11 is 5.80. The number of carbonyl (C=O) groups is 5. The molecule has 1 atom stereocenters. The van der Waals surface area contributed by atoms with Crippen molar-refractivity contribution in [2.45, 2.75) is 31.5 Å². The van der Waals surface area contributed by atoms with E-state index < -0.39 is 55.0 Å². The van der Waals surface area contributed by atoms with Crippen LogP contribution in [0.15, 0.2) is 78.9 Å². The lowest BCUT2D eigenvalue weighted by atomic mass is 9.99. The minimum Gasteiger partial charge on any atom is -0.347 e. The number of carbonyl (C=O) groups excluding carboxylic acids is 5. The molecule has 0 bridgehead atoms. The molecule has 0 fully saturated rings. The van der Waals surface area contributed by atoms with E-state index in [2.05, 4.69) is 31.0 Å². The highest BCUT2D eigenvalue weighted by Crippen LogP contribution is 2.24. The summed E-state index contributed by atoms with van der Waals surface area (Å²) in [5.41, 5.74) is 2.62. The Balaban J connectivity index is 1.50. The summed E-state index contributed by atoms with van der Waals surface area (Å²) in [6.07, 6.45) is -5.82. The van der Waals surface area contributed by atoms with Gasteiger partial charge in [0, 0.05) is 23.7 Å². The van der Waals surface area contributed by atoms with Crippen molar-refractivity contribution in [2.75, 3.05) is 18.4 Å². The predicted molar refractivity (Wildman–Crippen MR) is 156 cm³/mol. The molecule has 0 saturated heterocycles. The molecule has 1 unspecified atom stereocenters. The number of hydrogen-bond acceptors (Lipinski definition) is 7. The van der Waals surface area contributed by atoms with E-state index in [9.17, 15) is 37.1 Å². The second kappa shape index (κ2) is 16.7. The van der Waals surface area contributed by atoms with Crippen LogP contribution < -0.4 is 21.3 Å². The molecule has 0 aliphatic heterocycles. The van der Waals surface area contributed by atoms with Crippen LogP contribution in [0.4, 0.5) is 23.7 Å². The molecule has 0 aliphatic carbocycles. The van der Waals surface area contributed by atoms with Crippen molar-refractivity contribution < 1.29 is 46.9 Å². The van der Waals surface area contributed by atoms with Gasteiger partial charge in [-0.1, -0.05) is 66.2 Å². The Morgan fingerprint density at radius 1 is 0.778 bits per heavy atom. The first-order chi connectivity index (χ1) is 21.4. The van der Waals surface area contributed by atoms with Gasteiger partial charge in [-0.15, -0.1) is 0 Å². The molecule has 15 heteroatoms. The van der Waals surface area contributed by atoms with Gasteiger partial charge in [0.2, 0.25) is 11.8 Å². The molecule has 11 nitrogen and oxygen atoms in total. The molecule has 4 amide bonds. The zero-order valence-electron chi connectivity index (χ0n) is 23.5. The molecule has 3 aromatic carbocycles. The fourth-order valence-corrected chi connectivity index (χ4v) is 3.92. The lowest BCUT2D eigenvalue weighted by molar-refractivity contribution is -0.286. The number of anilines is 1. The molecule has 0 aliphatic rings. The average Bonchev–Trinajstić information content (AvgIpc) is 3.02. The number of halogens is 4. The maximum absolute atomic E-state index is 12.6. The Bertz CT molecular complexity index is 1470. The number of rotatable bonds is 12. The van der Waals surface area contributed by atoms with Crippen LogP contribution in [0.25, 0.3) is 11.1 Å². The van der Waals surface area contributed by atoms with Crippen molar-refractivity contribution >= 4 is 47.1 Å². The van der Waals surface area contributed by atoms with Crippen LogP contribution in [0.5, 0.6) is 0 Å². The first-order valence-corrected chi connectivity index (χ1v) is 13.8. The summed E-state index contributed by atoms with van der Waals surface area (Å²) in [6.45, 7) is -0.318. The van der Waals surface area contributed by atoms with Crippen LogP contribution in [0, 0.1) is 0 Å². The maximum Gasteiger partial charge on any atom is 0.495 e. The van der Waals surface area contributed by atoms with Crippen molar-refractivity contribution in [3.05, 3.63) is 89.4 Å². The molecule has 0 aromatic heterocycles. The van der Waals surface area contributed by atoms with E-state index in [-0.39, 0.29) is 19.4 Å². The lowest BCUT2D eigenvalue weighted by Crippen LogP contribution is -2.39. The minimum absolute atomic E-state index is 0.0181. The van der Waals surface area contributed by atoms with Crippen molar-refractivity contribution in [3.63, 3.8) is 0 Å². The molecular weight excluding hydrogens is 621 g/mol. The second-order valence-corrected chi connectivity index (χ2v) is 9.84. The standard InChI is InChI=1S/C30H28ClF3N4O7/c31-22-12-14-23(15-13-22)37-29(43)35-16-4-7-25(39)36-18-26(40)38-24(17-27(41)44-45-28(42)30(32,33)34)21-10-8-20(9-11-21)19-5-2-1-3-6-19/h1-3,5-6,8-15,24H,4,7,16-18H2,(H,36,39)(H,38,40)(H2,35,37,43). The first-order valence-electron chi connectivity index (χ1n) is 13.4. The van der Waals surface area contributed by atoms with E-state index >= 15 is 0 Å². The SMILES string of the molecule is O=C(CCCNC(=O)Nc1ccc(Cl)cc1)NCC(=O)NC(CC(=O)OOC(=O)C(F)(F)F)c1ccc(-c2ccccc2)cc1. The monoisotopic (exact) mass is 648 g/mol. The highest BCUT2D eigenvalue weighted by atomic mass is 35.5. The fourth-order valence-electron chi connectivity index (χ4n) is 3.79. The largest absolute Gasteiger partial charge is 0.495 e. The fraction of sp³-hybridized carbons (Fsp3) is 0.233. The molecular formula is C30H28ClF3N4O7. The van der Waals surface area contributed by atoms with E-state index in [4.69, 9.17) is 11.6 Å². The average molecular weight is 649 g/mol. The van der Waals surface area contributed by atoms with Crippen molar-refractivity contribution in [2.24, 2.45) is 0 Å². The number of alkyl halides is 3. The smallest absolute Gasteiger partial charge is 0.347 e. The van der Waals surface area contributed by atoms with Gasteiger partial charge in [-0.25, -0.2) is 24.2 Å². The van der Waals surface area contributed by atoms with Crippen molar-refractivity contribution in [1.82, 2.24) is 16.0 Å². The molecule has 3 aromatic rings. The van der Waals surface area contributed by atoms with Gasteiger partial charge in [-0.3, -0.25) is 9.59 Å². The summed E-state index contributed by atoms with van der Waals surface area (Å²) in [7, 11) is 0. The Labute approximate surface area is 260 Å². The van der Waals surface area contributed by atoms with E-state index in [1.54, 1.807) is 48.5 Å². The van der Waals surface area contributed by atoms with Gasteiger partial charge in [-0.05, 0) is 47.4 Å². The molecule has 0 heterocycles. The maximum atomic E-state index is 12.6. The summed E-state index contributed by atoms with van der Waals surface area (Å²) in [5, 5.41) is 10.6. The van der Waals surface area contributed by atoms with Gasteiger partial charge < -0.3 is 21.3 Å². The van der Waals surface area contributed by atoms with Crippen molar-refractivity contribution in [3.8, 4) is 11.1 Å². The minimum atomic E-state index is -5.38. The third kappa shape index (κ3) is 12.2. The third-order valence-electron chi connectivity index (χ3n) is 5.98. The molecule has 0 spiro atoms. The molecule has 0 saturated carbocycles. The normalized spacial score (nSPS) is 11.5. The summed E-state index contributed by atoms with van der Waals surface area (Å²) in [6, 6.07) is 20.8. The van der Waals surface area contributed by atoms with Gasteiger partial charge in [0.15, 0.2) is 0 Å². The van der Waals surface area contributed by atoms with E-state index in [0.717, 1.165) is 11.1 Å². The van der Waals surface area contributed by atoms with Crippen LogP contribution in [-0.2, 0) is 29.0 Å². The third-order valence-corrected chi connectivity index (χ3v) is 6.23. The summed E-state index contributed by atoms with van der Waals surface area (Å²) < 4.78 is 37.1. The van der Waals surface area contributed by atoms with E-state index in [1.807, 2.05) is 30.3 Å². The Morgan fingerprint density at radius 2 is 1.42 bits per heavy atom. The number of amides is 4. The van der Waals surface area contributed by atoms with Crippen LogP contribution in [0.2, 0.25) is 5.02 Å². The number of nitrogens with one attached hydrogen (secondary N) is 4. The summed E-state index contributed by atoms with van der Waals surface area (Å²) in [5.74, 6) is -5.29. The van der Waals surface area contributed by atoms with Crippen LogP contribution in [0.3, 0.4) is 0 Å². The van der Waals surface area contributed by atoms with Crippen LogP contribution in [-0.4, -0.2) is 49.0 Å². The Morgan fingerprint density at radius 3 is 2.07 bits per heavy atom. The number of benzene rings is 3. The zero-order valence-corrected chi connectivity index (χ0v) is 24.2. The summed E-state index contributed by atoms with van der Waals surface area (Å²) in [4.78, 5) is 67.4. The van der Waals surface area contributed by atoms with Crippen LogP contribution in [0.1, 0.15) is 30.9 Å². The van der Waals surface area contributed by atoms with E-state index in [1.165, 1.54) is 0 Å². The van der Waals surface area contributed by atoms with E-state index in [0.29, 0.717) is 16.3 Å². The van der Waals surface area contributed by atoms with Gasteiger partial charge in [0.05, 0.1) is 19.0 Å². The molecule has 238 valence electrons.